The number of carbonyl (C=O) groups excluding carboxylic acids is 1. The average Bonchev–Trinajstić information content (AvgIpc) is 3.32. The van der Waals surface area contributed by atoms with Gasteiger partial charge in [-0.15, -0.1) is 0 Å². The summed E-state index contributed by atoms with van der Waals surface area (Å²) in [6.45, 7) is 3.45. The standard InChI is InChI=1S/C24H20FN5O2/c1-2-11-29-13-16(14-29)20-12-27-30-22(23(26)31)21(28-24(20)30)15-3-7-18(8-4-15)32-19-9-5-17(25)6-10-19/h3-10,12,16,28H,13-14H2,1H3,(H2,26,31). The molecule has 0 aliphatic carbocycles. The SMILES string of the molecule is CC#CN1CC(c2cnn3c(C(N)=O)c(-c4ccc(Oc5ccc(F)cc5)cc4)[nH]c23)C1. The first-order valence-corrected chi connectivity index (χ1v) is 10.1. The van der Waals surface area contributed by atoms with Crippen LogP contribution in [0.4, 0.5) is 4.39 Å². The molecule has 1 fully saturated rings. The van der Waals surface area contributed by atoms with Gasteiger partial charge >= 0.3 is 0 Å². The zero-order chi connectivity index (χ0) is 22.2. The van der Waals surface area contributed by atoms with E-state index in [0.29, 0.717) is 22.9 Å². The second-order valence-corrected chi connectivity index (χ2v) is 7.62. The number of nitrogens with one attached hydrogen (secondary N) is 1. The fourth-order valence-corrected chi connectivity index (χ4v) is 3.93. The number of nitrogens with zero attached hydrogens (tertiary/aromatic N) is 3. The van der Waals surface area contributed by atoms with E-state index in [9.17, 15) is 9.18 Å². The van der Waals surface area contributed by atoms with Gasteiger partial charge in [-0.1, -0.05) is 5.92 Å². The molecule has 3 N–H and O–H groups in total. The molecule has 0 radical (unpaired) electrons. The first-order chi connectivity index (χ1) is 15.5. The molecule has 1 aliphatic rings. The predicted octanol–water partition coefficient (Wildman–Crippen LogP) is 3.74. The molecule has 2 aromatic carbocycles. The van der Waals surface area contributed by atoms with Crippen LogP contribution in [0.15, 0.2) is 54.7 Å². The highest BCUT2D eigenvalue weighted by atomic mass is 19.1. The van der Waals surface area contributed by atoms with Crippen molar-refractivity contribution >= 4 is 11.6 Å². The van der Waals surface area contributed by atoms with Crippen molar-refractivity contribution < 1.29 is 13.9 Å². The molecule has 1 saturated heterocycles. The van der Waals surface area contributed by atoms with Crippen molar-refractivity contribution in [3.05, 3.63) is 71.8 Å². The number of benzene rings is 2. The fourth-order valence-electron chi connectivity index (χ4n) is 3.93. The van der Waals surface area contributed by atoms with Crippen LogP contribution in [0.1, 0.15) is 28.9 Å². The molecule has 0 atom stereocenters. The molecule has 0 saturated carbocycles. The summed E-state index contributed by atoms with van der Waals surface area (Å²) in [7, 11) is 0. The van der Waals surface area contributed by atoms with E-state index in [1.165, 1.54) is 12.1 Å². The Labute approximate surface area is 183 Å². The quantitative estimate of drug-likeness (QED) is 0.473. The number of H-pyrrole nitrogens is 1. The molecule has 8 heteroatoms. The summed E-state index contributed by atoms with van der Waals surface area (Å²) >= 11 is 0. The van der Waals surface area contributed by atoms with Gasteiger partial charge < -0.3 is 20.4 Å². The maximum atomic E-state index is 13.1. The number of hydrogen-bond acceptors (Lipinski definition) is 4. The van der Waals surface area contributed by atoms with E-state index >= 15 is 0 Å². The van der Waals surface area contributed by atoms with Crippen LogP contribution in [0.3, 0.4) is 0 Å². The monoisotopic (exact) mass is 429 g/mol. The summed E-state index contributed by atoms with van der Waals surface area (Å²) in [5.41, 5.74) is 9.15. The molecule has 4 aromatic rings. The lowest BCUT2D eigenvalue weighted by atomic mass is 9.94. The van der Waals surface area contributed by atoms with E-state index in [4.69, 9.17) is 10.5 Å². The van der Waals surface area contributed by atoms with E-state index < -0.39 is 5.91 Å². The zero-order valence-corrected chi connectivity index (χ0v) is 17.3. The summed E-state index contributed by atoms with van der Waals surface area (Å²) in [5, 5.41) is 4.42. The van der Waals surface area contributed by atoms with Gasteiger partial charge in [0.15, 0.2) is 5.69 Å². The number of ether oxygens (including phenoxy) is 1. The number of rotatable bonds is 5. The summed E-state index contributed by atoms with van der Waals surface area (Å²) in [4.78, 5) is 17.7. The molecule has 32 heavy (non-hydrogen) atoms. The third-order valence-corrected chi connectivity index (χ3v) is 5.51. The first-order valence-electron chi connectivity index (χ1n) is 10.1. The second kappa shape index (κ2) is 7.78. The van der Waals surface area contributed by atoms with Gasteiger partial charge in [-0.2, -0.15) is 5.10 Å². The topological polar surface area (TPSA) is 88.7 Å². The van der Waals surface area contributed by atoms with Gasteiger partial charge in [-0.25, -0.2) is 8.91 Å². The van der Waals surface area contributed by atoms with Crippen LogP contribution in [0.25, 0.3) is 16.9 Å². The number of halogens is 1. The van der Waals surface area contributed by atoms with E-state index in [0.717, 1.165) is 29.9 Å². The number of amides is 1. The van der Waals surface area contributed by atoms with Crippen molar-refractivity contribution in [1.29, 1.82) is 0 Å². The Kier molecular flexibility index (Phi) is 4.79. The number of hydrogen-bond donors (Lipinski definition) is 2. The van der Waals surface area contributed by atoms with Gasteiger partial charge in [0.1, 0.15) is 23.0 Å². The Bertz CT molecular complexity index is 1350. The molecular formula is C24H20FN5O2. The van der Waals surface area contributed by atoms with E-state index in [2.05, 4.69) is 22.0 Å². The minimum Gasteiger partial charge on any atom is -0.457 e. The smallest absolute Gasteiger partial charge is 0.269 e. The third-order valence-electron chi connectivity index (χ3n) is 5.51. The zero-order valence-electron chi connectivity index (χ0n) is 17.3. The van der Waals surface area contributed by atoms with Crippen molar-refractivity contribution in [2.75, 3.05) is 13.1 Å². The number of primary amides is 1. The highest BCUT2D eigenvalue weighted by Crippen LogP contribution is 2.33. The number of aromatic nitrogens is 3. The maximum absolute atomic E-state index is 13.1. The Morgan fingerprint density at radius 3 is 2.44 bits per heavy atom. The van der Waals surface area contributed by atoms with Gasteiger partial charge in [0.05, 0.1) is 11.9 Å². The fraction of sp³-hybridized carbons (Fsp3) is 0.167. The molecular weight excluding hydrogens is 409 g/mol. The highest BCUT2D eigenvalue weighted by Gasteiger charge is 2.31. The maximum Gasteiger partial charge on any atom is 0.269 e. The van der Waals surface area contributed by atoms with Crippen molar-refractivity contribution in [3.8, 4) is 34.7 Å². The molecule has 2 aromatic heterocycles. The summed E-state index contributed by atoms with van der Waals surface area (Å²) in [5.74, 6) is 3.41. The Morgan fingerprint density at radius 1 is 1.16 bits per heavy atom. The Hall–Kier alpha value is -4.25. The number of imidazole rings is 1. The van der Waals surface area contributed by atoms with Crippen LogP contribution < -0.4 is 10.5 Å². The van der Waals surface area contributed by atoms with Gasteiger partial charge in [-0.3, -0.25) is 4.79 Å². The molecule has 3 heterocycles. The summed E-state index contributed by atoms with van der Waals surface area (Å²) in [6, 6.07) is 16.1. The van der Waals surface area contributed by atoms with E-state index in [1.807, 2.05) is 24.0 Å². The molecule has 5 rings (SSSR count). The third kappa shape index (κ3) is 3.44. The molecule has 7 nitrogen and oxygen atoms in total. The van der Waals surface area contributed by atoms with Gasteiger partial charge in [0.2, 0.25) is 0 Å². The summed E-state index contributed by atoms with van der Waals surface area (Å²) in [6.07, 6.45) is 1.78. The number of aromatic amines is 1. The predicted molar refractivity (Wildman–Crippen MR) is 118 cm³/mol. The van der Waals surface area contributed by atoms with Crippen LogP contribution in [-0.2, 0) is 0 Å². The number of carbonyl (C=O) groups is 1. The average molecular weight is 429 g/mol. The molecule has 1 amide bonds. The van der Waals surface area contributed by atoms with Crippen LogP contribution in [0.2, 0.25) is 0 Å². The van der Waals surface area contributed by atoms with Crippen molar-refractivity contribution in [2.45, 2.75) is 12.8 Å². The van der Waals surface area contributed by atoms with Crippen LogP contribution in [0, 0.1) is 17.8 Å². The molecule has 1 aliphatic heterocycles. The van der Waals surface area contributed by atoms with Crippen molar-refractivity contribution in [1.82, 2.24) is 19.5 Å². The van der Waals surface area contributed by atoms with Gasteiger partial charge in [0.25, 0.3) is 5.91 Å². The van der Waals surface area contributed by atoms with Crippen LogP contribution in [-0.4, -0.2) is 38.5 Å². The number of fused-ring (bicyclic) bond motifs is 1. The van der Waals surface area contributed by atoms with Crippen molar-refractivity contribution in [3.63, 3.8) is 0 Å². The van der Waals surface area contributed by atoms with Gasteiger partial charge in [0, 0.05) is 36.2 Å². The Morgan fingerprint density at radius 2 is 1.81 bits per heavy atom. The normalized spacial score (nSPS) is 13.5. The van der Waals surface area contributed by atoms with E-state index in [1.54, 1.807) is 35.0 Å². The minimum absolute atomic E-state index is 0.284. The van der Waals surface area contributed by atoms with Crippen LogP contribution >= 0.6 is 0 Å². The lowest BCUT2D eigenvalue weighted by molar-refractivity contribution is 0.0994. The highest BCUT2D eigenvalue weighted by molar-refractivity contribution is 5.98. The number of nitrogens with two attached hydrogens (primary N) is 1. The second-order valence-electron chi connectivity index (χ2n) is 7.62. The molecule has 0 bridgehead atoms. The van der Waals surface area contributed by atoms with Gasteiger partial charge in [-0.05, 0) is 55.5 Å². The lowest BCUT2D eigenvalue weighted by Crippen LogP contribution is -2.41. The minimum atomic E-state index is -0.570. The summed E-state index contributed by atoms with van der Waals surface area (Å²) < 4.78 is 20.4. The first kappa shape index (κ1) is 19.7. The molecule has 160 valence electrons. The number of likely N-dealkylation sites (tertiary alicyclic amines) is 1. The lowest BCUT2D eigenvalue weighted by Gasteiger charge is -2.35. The molecule has 0 unspecified atom stereocenters. The Balaban J connectivity index is 1.45. The van der Waals surface area contributed by atoms with Crippen molar-refractivity contribution in [2.24, 2.45) is 5.73 Å². The van der Waals surface area contributed by atoms with Crippen LogP contribution in [0.5, 0.6) is 11.5 Å². The molecule has 0 spiro atoms. The largest absolute Gasteiger partial charge is 0.457 e. The van der Waals surface area contributed by atoms with E-state index in [-0.39, 0.29) is 11.7 Å².